The van der Waals surface area contributed by atoms with Gasteiger partial charge in [0.15, 0.2) is 5.58 Å². The second-order valence-corrected chi connectivity index (χ2v) is 20.2. The van der Waals surface area contributed by atoms with Crippen molar-refractivity contribution in [3.05, 3.63) is 211 Å². The molecule has 0 saturated heterocycles. The van der Waals surface area contributed by atoms with Gasteiger partial charge in [-0.1, -0.05) is 158 Å². The first kappa shape index (κ1) is 39.1. The fourth-order valence-corrected chi connectivity index (χ4v) is 14.0. The molecule has 0 saturated carbocycles. The normalized spacial score (nSPS) is 12.0. The second-order valence-electron chi connectivity index (χ2n) is 18.1. The molecule has 0 N–H and O–H groups in total. The quantitative estimate of drug-likeness (QED) is 0.165. The summed E-state index contributed by atoms with van der Waals surface area (Å²) < 4.78 is 16.4. The molecule has 0 aliphatic heterocycles. The summed E-state index contributed by atoms with van der Waals surface area (Å²) in [7, 11) is 0. The third-order valence-corrected chi connectivity index (χ3v) is 16.8. The average molecular weight is 927 g/mol. The molecule has 0 spiro atoms. The summed E-state index contributed by atoms with van der Waals surface area (Å²) in [5, 5.41) is 23.1. The highest BCUT2D eigenvalue weighted by molar-refractivity contribution is 7.27. The van der Waals surface area contributed by atoms with Crippen molar-refractivity contribution in [3.8, 4) is 39.7 Å². The van der Waals surface area contributed by atoms with Crippen LogP contribution in [0.25, 0.3) is 144 Å². The van der Waals surface area contributed by atoms with Crippen LogP contribution >= 0.6 is 22.7 Å². The van der Waals surface area contributed by atoms with Crippen molar-refractivity contribution in [2.75, 3.05) is 0 Å². The average Bonchev–Trinajstić information content (AvgIpc) is 4.23. The molecule has 0 bridgehead atoms. The lowest BCUT2D eigenvalue weighted by Crippen LogP contribution is -2.09. The Balaban J connectivity index is 1.27. The SMILES string of the molecule is [C-]#[N+]c1c(-c2ccccc2)c(C#N)c(-n2c3cc(C)ccc3c3ccc4c5ccccc5sc4c32)c(-c2ccccc2)c1-n1c2c(ccc3c4ccccc4oc32)c2ccc3c4ccccc4sc3c21. The summed E-state index contributed by atoms with van der Waals surface area (Å²) >= 11 is 3.56. The molecule has 0 amide bonds. The van der Waals surface area contributed by atoms with E-state index in [9.17, 15) is 11.8 Å². The van der Waals surface area contributed by atoms with E-state index in [1.54, 1.807) is 22.7 Å². The number of nitrogens with zero attached hydrogens (tertiary/aromatic N) is 4. The van der Waals surface area contributed by atoms with Gasteiger partial charge in [-0.15, -0.1) is 22.7 Å². The molecule has 0 atom stereocenters. The number of thiophene rings is 2. The number of hydrogen-bond donors (Lipinski definition) is 0. The molecule has 0 unspecified atom stereocenters. The first-order chi connectivity index (χ1) is 34.6. The van der Waals surface area contributed by atoms with Gasteiger partial charge < -0.3 is 13.6 Å². The van der Waals surface area contributed by atoms with Gasteiger partial charge in [0.05, 0.1) is 55.0 Å². The maximum atomic E-state index is 12.1. The van der Waals surface area contributed by atoms with Crippen LogP contribution in [0.2, 0.25) is 0 Å². The van der Waals surface area contributed by atoms with E-state index in [0.717, 1.165) is 114 Å². The van der Waals surface area contributed by atoms with Gasteiger partial charge in [0.1, 0.15) is 11.7 Å². The maximum absolute atomic E-state index is 12.1. The molecule has 15 rings (SSSR count). The Kier molecular flexibility index (Phi) is 8.10. The predicted molar refractivity (Wildman–Crippen MR) is 295 cm³/mol. The Morgan fingerprint density at radius 3 is 1.64 bits per heavy atom. The van der Waals surface area contributed by atoms with Crippen molar-refractivity contribution in [1.82, 2.24) is 9.13 Å². The molecule has 0 fully saturated rings. The van der Waals surface area contributed by atoms with Gasteiger partial charge >= 0.3 is 0 Å². The van der Waals surface area contributed by atoms with Gasteiger partial charge in [-0.2, -0.15) is 5.26 Å². The van der Waals surface area contributed by atoms with E-state index in [1.807, 2.05) is 48.5 Å². The number of para-hydroxylation sites is 1. The molecular formula is C63H34N4OS2. The molecule has 5 heterocycles. The second kappa shape index (κ2) is 14.5. The predicted octanol–water partition coefficient (Wildman–Crippen LogP) is 18.6. The maximum Gasteiger partial charge on any atom is 0.220 e. The van der Waals surface area contributed by atoms with Crippen LogP contribution in [0.4, 0.5) is 5.69 Å². The zero-order chi connectivity index (χ0) is 46.4. The number of fused-ring (bicyclic) bond motifs is 18. The van der Waals surface area contributed by atoms with Crippen LogP contribution in [0.15, 0.2) is 192 Å². The molecule has 0 aliphatic carbocycles. The molecule has 0 radical (unpaired) electrons. The van der Waals surface area contributed by atoms with Crippen molar-refractivity contribution in [1.29, 1.82) is 5.26 Å². The lowest BCUT2D eigenvalue weighted by Gasteiger charge is -2.26. The van der Waals surface area contributed by atoms with Crippen molar-refractivity contribution in [2.45, 2.75) is 6.92 Å². The molecule has 0 aliphatic rings. The summed E-state index contributed by atoms with van der Waals surface area (Å²) in [5.41, 5.74) is 11.8. The van der Waals surface area contributed by atoms with Crippen molar-refractivity contribution in [3.63, 3.8) is 0 Å². The summed E-state index contributed by atoms with van der Waals surface area (Å²) in [6.45, 7) is 11.6. The number of aromatic nitrogens is 2. The fraction of sp³-hybridized carbons (Fsp3) is 0.0159. The third kappa shape index (κ3) is 5.17. The topological polar surface area (TPSA) is 51.1 Å². The standard InChI is InChI=1S/C63H34N4OS2/c1-35-25-26-38-42-28-31-46-40-20-10-13-23-51(40)69-62(46)58(42)66(49(38)33-35)56-48(34-64)53(36-15-5-3-6-16-36)55(65-2)60(54(56)37-17-7-4-8-18-37)67-57-43(27-30-45-39-19-9-12-22-50(39)68-61(45)57)44-29-32-47-41-21-11-14-24-52(41)70-63(47)59(44)67/h3-33H,1H3. The largest absolute Gasteiger partial charge is 0.454 e. The molecule has 5 nitrogen and oxygen atoms in total. The van der Waals surface area contributed by atoms with E-state index in [2.05, 4.69) is 166 Å². The van der Waals surface area contributed by atoms with Crippen LogP contribution in [0.1, 0.15) is 11.1 Å². The third-order valence-electron chi connectivity index (χ3n) is 14.4. The van der Waals surface area contributed by atoms with Crippen LogP contribution < -0.4 is 0 Å². The van der Waals surface area contributed by atoms with E-state index >= 15 is 0 Å². The van der Waals surface area contributed by atoms with E-state index < -0.39 is 0 Å². The zero-order valence-corrected chi connectivity index (χ0v) is 39.0. The number of nitriles is 1. The highest BCUT2D eigenvalue weighted by atomic mass is 32.1. The van der Waals surface area contributed by atoms with Crippen LogP contribution in [0.3, 0.4) is 0 Å². The van der Waals surface area contributed by atoms with E-state index in [4.69, 9.17) is 4.42 Å². The van der Waals surface area contributed by atoms with Crippen molar-refractivity contribution < 1.29 is 4.42 Å². The number of benzene rings is 10. The Morgan fingerprint density at radius 2 is 1.00 bits per heavy atom. The van der Waals surface area contributed by atoms with Gasteiger partial charge in [-0.3, -0.25) is 0 Å². The minimum absolute atomic E-state index is 0.388. The van der Waals surface area contributed by atoms with E-state index in [1.165, 1.54) is 20.2 Å². The number of aryl methyl sites for hydroxylation is 1. The molecule has 5 aromatic heterocycles. The fourth-order valence-electron chi connectivity index (χ4n) is 11.5. The first-order valence-corrected chi connectivity index (χ1v) is 24.9. The number of furan rings is 1. The minimum atomic E-state index is 0.388. The molecule has 70 heavy (non-hydrogen) atoms. The molecule has 15 aromatic rings. The zero-order valence-electron chi connectivity index (χ0n) is 37.4. The lowest BCUT2D eigenvalue weighted by atomic mass is 9.88. The van der Waals surface area contributed by atoms with Crippen LogP contribution in [-0.2, 0) is 0 Å². The summed E-state index contributed by atoms with van der Waals surface area (Å²) in [4.78, 5) is 4.64. The monoisotopic (exact) mass is 926 g/mol. The summed E-state index contributed by atoms with van der Waals surface area (Å²) in [5.74, 6) is 0. The highest BCUT2D eigenvalue weighted by Crippen LogP contribution is 2.55. The van der Waals surface area contributed by atoms with Crippen LogP contribution in [0.5, 0.6) is 0 Å². The molecule has 7 heteroatoms. The number of hydrogen-bond acceptors (Lipinski definition) is 4. The highest BCUT2D eigenvalue weighted by Gasteiger charge is 2.34. The van der Waals surface area contributed by atoms with Crippen LogP contribution in [-0.4, -0.2) is 9.13 Å². The van der Waals surface area contributed by atoms with Gasteiger partial charge in [0.2, 0.25) is 5.69 Å². The lowest BCUT2D eigenvalue weighted by molar-refractivity contribution is 0.671. The Hall–Kier alpha value is -8.98. The first-order valence-electron chi connectivity index (χ1n) is 23.3. The van der Waals surface area contributed by atoms with Crippen LogP contribution in [0, 0.1) is 24.8 Å². The van der Waals surface area contributed by atoms with Gasteiger partial charge in [-0.25, -0.2) is 4.85 Å². The number of rotatable bonds is 4. The Labute approximate surface area is 407 Å². The summed E-state index contributed by atoms with van der Waals surface area (Å²) in [6.07, 6.45) is 0. The Bertz CT molecular complexity index is 4730. The van der Waals surface area contributed by atoms with E-state index in [-0.39, 0.29) is 0 Å². The summed E-state index contributed by atoms with van der Waals surface area (Å²) in [6, 6.07) is 68.9. The Morgan fingerprint density at radius 1 is 0.486 bits per heavy atom. The molecule has 10 aromatic carbocycles. The molecular weight excluding hydrogens is 893 g/mol. The smallest absolute Gasteiger partial charge is 0.220 e. The van der Waals surface area contributed by atoms with Gasteiger partial charge in [0.25, 0.3) is 0 Å². The van der Waals surface area contributed by atoms with Crippen molar-refractivity contribution >= 4 is 134 Å². The minimum Gasteiger partial charge on any atom is -0.454 e. The molecule has 324 valence electrons. The van der Waals surface area contributed by atoms with E-state index in [0.29, 0.717) is 22.5 Å². The van der Waals surface area contributed by atoms with Gasteiger partial charge in [0, 0.05) is 74.4 Å². The van der Waals surface area contributed by atoms with Crippen molar-refractivity contribution in [2.24, 2.45) is 0 Å². The van der Waals surface area contributed by atoms with Gasteiger partial charge in [-0.05, 0) is 53.9 Å².